The molecule has 0 amide bonds. The Morgan fingerprint density at radius 1 is 0.947 bits per heavy atom. The van der Waals surface area contributed by atoms with Gasteiger partial charge in [-0.2, -0.15) is 0 Å². The fraction of sp³-hybridized carbons (Fsp3) is 0.696. The van der Waals surface area contributed by atoms with E-state index in [0.29, 0.717) is 0 Å². The van der Waals surface area contributed by atoms with Crippen molar-refractivity contribution in [3.63, 3.8) is 0 Å². The van der Waals surface area contributed by atoms with Gasteiger partial charge in [-0.1, -0.05) is 59.5 Å². The summed E-state index contributed by atoms with van der Waals surface area (Å²) in [6, 6.07) is 7.19. The molecule has 38 heavy (non-hydrogen) atoms. The molecule has 2 saturated heterocycles. The topological polar surface area (TPSA) is 210 Å². The van der Waals surface area contributed by atoms with Crippen LogP contribution in [0, 0.1) is 11.8 Å². The molecule has 0 aromatic heterocycles. The molecule has 3 fully saturated rings. The maximum atomic E-state index is 11.8. The number of benzene rings is 1. The van der Waals surface area contributed by atoms with Gasteiger partial charge in [0.2, 0.25) is 0 Å². The lowest BCUT2D eigenvalue weighted by molar-refractivity contribution is -0.342. The largest absolute Gasteiger partial charge is 0.462 e. The molecule has 2 aliphatic heterocycles. The highest BCUT2D eigenvalue weighted by molar-refractivity contribution is 5.66. The molecule has 3 aliphatic rings. The second-order valence-corrected chi connectivity index (χ2v) is 9.59. The highest BCUT2D eigenvalue weighted by Gasteiger charge is 2.51. The number of azide groups is 3. The molecule has 1 saturated carbocycles. The van der Waals surface area contributed by atoms with Crippen LogP contribution in [0.15, 0.2) is 45.7 Å². The van der Waals surface area contributed by atoms with E-state index in [-0.39, 0.29) is 18.9 Å². The molecule has 1 aromatic carbocycles. The third kappa shape index (κ3) is 5.79. The number of carbonyl (C=O) groups excluding carboxylic acids is 1. The molecule has 5 unspecified atom stereocenters. The zero-order valence-electron chi connectivity index (χ0n) is 21.1. The SMILES string of the molecule is CC(=O)OC1[C@@H](C)[C@H](O[C@H]2OC3COC(c4ccccc4)O[C@H]3[C@H](C)C2N=[N+]=[N-])C(N=[N+]=[N-])C[C@H]1N=[N+]=[N-]. The van der Waals surface area contributed by atoms with Crippen LogP contribution < -0.4 is 0 Å². The van der Waals surface area contributed by atoms with Crippen molar-refractivity contribution in [3.8, 4) is 0 Å². The minimum Gasteiger partial charge on any atom is -0.462 e. The van der Waals surface area contributed by atoms with Crippen molar-refractivity contribution in [1.29, 1.82) is 0 Å². The smallest absolute Gasteiger partial charge is 0.302 e. The minimum absolute atomic E-state index is 0.0898. The Labute approximate surface area is 218 Å². The summed E-state index contributed by atoms with van der Waals surface area (Å²) >= 11 is 0. The fourth-order valence-corrected chi connectivity index (χ4v) is 5.45. The normalized spacial score (nSPS) is 38.3. The molecule has 0 spiro atoms. The summed E-state index contributed by atoms with van der Waals surface area (Å²) in [5.41, 5.74) is 28.4. The molecule has 15 nitrogen and oxygen atoms in total. The van der Waals surface area contributed by atoms with Crippen molar-refractivity contribution in [1.82, 2.24) is 0 Å². The molecule has 4 rings (SSSR count). The number of carbonyl (C=O) groups is 1. The Balaban J connectivity index is 1.57. The molecule has 15 heteroatoms. The van der Waals surface area contributed by atoms with Gasteiger partial charge >= 0.3 is 5.97 Å². The second-order valence-electron chi connectivity index (χ2n) is 9.59. The van der Waals surface area contributed by atoms with Crippen LogP contribution in [0.1, 0.15) is 39.0 Å². The van der Waals surface area contributed by atoms with E-state index in [0.717, 1.165) is 5.56 Å². The zero-order valence-corrected chi connectivity index (χ0v) is 21.1. The Morgan fingerprint density at radius 2 is 1.61 bits per heavy atom. The Hall–Kier alpha value is -3.54. The summed E-state index contributed by atoms with van der Waals surface area (Å²) in [4.78, 5) is 20.6. The number of rotatable bonds is 7. The summed E-state index contributed by atoms with van der Waals surface area (Å²) in [6.45, 7) is 5.10. The maximum Gasteiger partial charge on any atom is 0.302 e. The lowest BCUT2D eigenvalue weighted by Crippen LogP contribution is -2.60. The predicted octanol–water partition coefficient (Wildman–Crippen LogP) is 4.86. The summed E-state index contributed by atoms with van der Waals surface area (Å²) in [6.07, 6.45) is -4.11. The van der Waals surface area contributed by atoms with Crippen LogP contribution >= 0.6 is 0 Å². The van der Waals surface area contributed by atoms with Gasteiger partial charge in [-0.15, -0.1) is 0 Å². The summed E-state index contributed by atoms with van der Waals surface area (Å²) in [5, 5.41) is 11.6. The van der Waals surface area contributed by atoms with Crippen molar-refractivity contribution in [2.24, 2.45) is 27.2 Å². The molecule has 1 aliphatic carbocycles. The minimum atomic E-state index is -1.03. The van der Waals surface area contributed by atoms with Crippen LogP contribution in [0.4, 0.5) is 0 Å². The van der Waals surface area contributed by atoms with Gasteiger partial charge < -0.3 is 23.7 Å². The van der Waals surface area contributed by atoms with Crippen LogP contribution in [0.2, 0.25) is 0 Å². The van der Waals surface area contributed by atoms with Crippen LogP contribution in [-0.4, -0.2) is 61.4 Å². The number of nitrogens with zero attached hydrogens (tertiary/aromatic N) is 9. The predicted molar refractivity (Wildman–Crippen MR) is 131 cm³/mol. The molecule has 1 aromatic rings. The fourth-order valence-electron chi connectivity index (χ4n) is 5.45. The average molecular weight is 528 g/mol. The van der Waals surface area contributed by atoms with Crippen molar-refractivity contribution in [2.75, 3.05) is 6.61 Å². The van der Waals surface area contributed by atoms with Crippen LogP contribution in [-0.2, 0) is 28.5 Å². The first-order valence-electron chi connectivity index (χ1n) is 12.3. The van der Waals surface area contributed by atoms with Gasteiger partial charge in [0.05, 0.1) is 36.9 Å². The van der Waals surface area contributed by atoms with E-state index >= 15 is 0 Å². The number of hydrogen-bond donors (Lipinski definition) is 0. The van der Waals surface area contributed by atoms with E-state index in [9.17, 15) is 15.9 Å². The van der Waals surface area contributed by atoms with Gasteiger partial charge in [-0.25, -0.2) is 0 Å². The highest BCUT2D eigenvalue weighted by atomic mass is 16.7. The Morgan fingerprint density at radius 3 is 2.24 bits per heavy atom. The lowest BCUT2D eigenvalue weighted by Gasteiger charge is -2.50. The van der Waals surface area contributed by atoms with Gasteiger partial charge in [-0.05, 0) is 28.9 Å². The Kier molecular flexibility index (Phi) is 8.93. The molecule has 2 heterocycles. The third-order valence-electron chi connectivity index (χ3n) is 7.23. The van der Waals surface area contributed by atoms with Crippen molar-refractivity contribution < 1.29 is 28.5 Å². The lowest BCUT2D eigenvalue weighted by atomic mass is 9.78. The van der Waals surface area contributed by atoms with Crippen molar-refractivity contribution in [3.05, 3.63) is 67.2 Å². The molecule has 0 bridgehead atoms. The third-order valence-corrected chi connectivity index (χ3v) is 7.23. The van der Waals surface area contributed by atoms with Crippen LogP contribution in [0.25, 0.3) is 31.3 Å². The van der Waals surface area contributed by atoms with Crippen LogP contribution in [0.3, 0.4) is 0 Å². The molecule has 0 radical (unpaired) electrons. The number of ether oxygens (including phenoxy) is 5. The van der Waals surface area contributed by atoms with Crippen molar-refractivity contribution >= 4 is 5.97 Å². The highest BCUT2D eigenvalue weighted by Crippen LogP contribution is 2.41. The number of hydrogen-bond acceptors (Lipinski definition) is 9. The van der Waals surface area contributed by atoms with E-state index in [2.05, 4.69) is 30.1 Å². The molecule has 0 N–H and O–H groups in total. The first-order valence-corrected chi connectivity index (χ1v) is 12.3. The first kappa shape index (κ1) is 27.5. The molecular weight excluding hydrogens is 498 g/mol. The Bertz CT molecular complexity index is 1140. The number of esters is 1. The second kappa shape index (κ2) is 12.3. The van der Waals surface area contributed by atoms with E-state index in [1.807, 2.05) is 37.3 Å². The summed E-state index contributed by atoms with van der Waals surface area (Å²) < 4.78 is 30.2. The van der Waals surface area contributed by atoms with E-state index in [1.165, 1.54) is 6.92 Å². The summed E-state index contributed by atoms with van der Waals surface area (Å²) in [7, 11) is 0. The van der Waals surface area contributed by atoms with Gasteiger partial charge in [0.25, 0.3) is 0 Å². The monoisotopic (exact) mass is 527 g/mol. The molecular formula is C23H29N9O6. The van der Waals surface area contributed by atoms with Gasteiger partial charge in [0, 0.05) is 33.1 Å². The number of fused-ring (bicyclic) bond motifs is 1. The quantitative estimate of drug-likeness (QED) is 0.209. The summed E-state index contributed by atoms with van der Waals surface area (Å²) in [5.74, 6) is -1.42. The van der Waals surface area contributed by atoms with Gasteiger partial charge in [-0.3, -0.25) is 4.79 Å². The molecule has 11 atom stereocenters. The standard InChI is InChI=1S/C23H29N9O6/c1-11-18(29-32-26)23(36-17-10-34-22(38-21(11)17)14-7-5-4-6-8-14)37-20-12(2)19(35-13(3)33)15(27-30-24)9-16(20)28-31-25/h4-8,11-12,15-23H,9-10H2,1-3H3/t11-,12-,15-,16?,17?,18?,19?,20+,21+,22?,23-/m1/s1. The van der Waals surface area contributed by atoms with E-state index < -0.39 is 67.0 Å². The van der Waals surface area contributed by atoms with Crippen LogP contribution in [0.5, 0.6) is 0 Å². The van der Waals surface area contributed by atoms with E-state index in [1.54, 1.807) is 6.92 Å². The van der Waals surface area contributed by atoms with Gasteiger partial charge in [0.1, 0.15) is 12.2 Å². The molecule has 202 valence electrons. The first-order chi connectivity index (χ1) is 18.4. The zero-order chi connectivity index (χ0) is 27.2. The van der Waals surface area contributed by atoms with Crippen molar-refractivity contribution in [2.45, 2.75) is 82.3 Å². The maximum absolute atomic E-state index is 11.8. The van der Waals surface area contributed by atoms with Gasteiger partial charge in [0.15, 0.2) is 12.6 Å². The van der Waals surface area contributed by atoms with E-state index in [4.69, 9.17) is 29.2 Å². The average Bonchev–Trinajstić information content (AvgIpc) is 2.91.